The summed E-state index contributed by atoms with van der Waals surface area (Å²) in [7, 11) is 0. The van der Waals surface area contributed by atoms with Crippen molar-refractivity contribution in [2.45, 2.75) is 27.2 Å². The maximum absolute atomic E-state index is 8.93. The first kappa shape index (κ1) is 13.5. The number of hydrogen-bond donors (Lipinski definition) is 2. The summed E-state index contributed by atoms with van der Waals surface area (Å²) >= 11 is 3.42. The lowest BCUT2D eigenvalue weighted by Crippen LogP contribution is -2.24. The van der Waals surface area contributed by atoms with Crippen LogP contribution in [-0.4, -0.2) is 23.2 Å². The van der Waals surface area contributed by atoms with E-state index in [0.717, 1.165) is 28.8 Å². The van der Waals surface area contributed by atoms with Gasteiger partial charge in [-0.3, -0.25) is 0 Å². The maximum atomic E-state index is 8.93. The quantitative estimate of drug-likeness (QED) is 0.875. The minimum absolute atomic E-state index is 0.0808. The summed E-state index contributed by atoms with van der Waals surface area (Å²) in [5, 5.41) is 12.2. The summed E-state index contributed by atoms with van der Waals surface area (Å²) in [6, 6.07) is 2.01. The zero-order chi connectivity index (χ0) is 12.2. The molecular weight excluding hydrogens is 268 g/mol. The summed E-state index contributed by atoms with van der Waals surface area (Å²) in [5.74, 6) is 0.881. The lowest BCUT2D eigenvalue weighted by molar-refractivity contribution is 0.220. The Balaban J connectivity index is 2.57. The maximum Gasteiger partial charge on any atom is 0.126 e. The van der Waals surface area contributed by atoms with E-state index in [4.69, 9.17) is 5.11 Å². The van der Waals surface area contributed by atoms with Crippen molar-refractivity contribution in [3.05, 3.63) is 22.3 Å². The van der Waals surface area contributed by atoms with Crippen LogP contribution < -0.4 is 5.32 Å². The number of hydrogen-bond acceptors (Lipinski definition) is 3. The van der Waals surface area contributed by atoms with Crippen molar-refractivity contribution < 1.29 is 5.11 Å². The number of aliphatic hydroxyl groups excluding tert-OH is 1. The van der Waals surface area contributed by atoms with Crippen LogP contribution in [-0.2, 0) is 0 Å². The highest BCUT2D eigenvalue weighted by Crippen LogP contribution is 2.22. The Kier molecular flexibility index (Phi) is 4.74. The van der Waals surface area contributed by atoms with Crippen molar-refractivity contribution in [1.82, 2.24) is 4.98 Å². The van der Waals surface area contributed by atoms with Crippen LogP contribution in [0.4, 0.5) is 5.82 Å². The van der Waals surface area contributed by atoms with Gasteiger partial charge in [-0.1, -0.05) is 13.8 Å². The summed E-state index contributed by atoms with van der Waals surface area (Å²) in [6.07, 6.45) is 2.59. The summed E-state index contributed by atoms with van der Waals surface area (Å²) in [6.45, 7) is 7.32. The Hall–Kier alpha value is -0.610. The van der Waals surface area contributed by atoms with Gasteiger partial charge in [0.05, 0.1) is 0 Å². The summed E-state index contributed by atoms with van der Waals surface area (Å²) in [4.78, 5) is 4.28. The van der Waals surface area contributed by atoms with E-state index in [1.54, 1.807) is 6.20 Å². The van der Waals surface area contributed by atoms with Gasteiger partial charge in [0.15, 0.2) is 0 Å². The predicted molar refractivity (Wildman–Crippen MR) is 70.6 cm³/mol. The monoisotopic (exact) mass is 286 g/mol. The lowest BCUT2D eigenvalue weighted by atomic mass is 9.90. The van der Waals surface area contributed by atoms with Crippen LogP contribution in [0.2, 0.25) is 0 Å². The van der Waals surface area contributed by atoms with Gasteiger partial charge in [0.2, 0.25) is 0 Å². The topological polar surface area (TPSA) is 45.1 Å². The number of halogens is 1. The van der Waals surface area contributed by atoms with E-state index in [9.17, 15) is 0 Å². The Morgan fingerprint density at radius 3 is 2.75 bits per heavy atom. The fourth-order valence-corrected chi connectivity index (χ4v) is 1.57. The number of aromatic nitrogens is 1. The van der Waals surface area contributed by atoms with E-state index < -0.39 is 0 Å². The van der Waals surface area contributed by atoms with Gasteiger partial charge in [-0.15, -0.1) is 0 Å². The first-order valence-electron chi connectivity index (χ1n) is 5.41. The number of pyridine rings is 1. The van der Waals surface area contributed by atoms with Gasteiger partial charge in [0.1, 0.15) is 5.82 Å². The van der Waals surface area contributed by atoms with Crippen molar-refractivity contribution in [3.8, 4) is 0 Å². The van der Waals surface area contributed by atoms with E-state index in [-0.39, 0.29) is 12.0 Å². The molecule has 0 saturated heterocycles. The molecule has 0 radical (unpaired) electrons. The molecule has 1 aromatic rings. The number of nitrogens with one attached hydrogen (secondary N) is 1. The van der Waals surface area contributed by atoms with Crippen molar-refractivity contribution in [2.24, 2.45) is 5.41 Å². The molecule has 0 aliphatic carbocycles. The smallest absolute Gasteiger partial charge is 0.126 e. The molecule has 0 atom stereocenters. The fraction of sp³-hybridized carbons (Fsp3) is 0.583. The third-order valence-corrected chi connectivity index (χ3v) is 3.41. The van der Waals surface area contributed by atoms with Crippen LogP contribution >= 0.6 is 15.9 Å². The molecular formula is C12H19BrN2O. The van der Waals surface area contributed by atoms with Crippen molar-refractivity contribution in [3.63, 3.8) is 0 Å². The van der Waals surface area contributed by atoms with Crippen molar-refractivity contribution in [2.75, 3.05) is 18.5 Å². The molecule has 0 fully saturated rings. The molecule has 0 aliphatic rings. The third-order valence-electron chi connectivity index (χ3n) is 2.58. The molecule has 3 nitrogen and oxygen atoms in total. The normalized spacial score (nSPS) is 11.6. The molecule has 0 spiro atoms. The average molecular weight is 287 g/mol. The highest BCUT2D eigenvalue weighted by molar-refractivity contribution is 9.10. The Bertz CT molecular complexity index is 353. The molecule has 4 heteroatoms. The first-order chi connectivity index (χ1) is 7.44. The average Bonchev–Trinajstić information content (AvgIpc) is 2.20. The molecule has 1 heterocycles. The predicted octanol–water partition coefficient (Wildman–Crippen LogP) is 2.97. The van der Waals surface area contributed by atoms with E-state index in [1.165, 1.54) is 0 Å². The summed E-state index contributed by atoms with van der Waals surface area (Å²) < 4.78 is 1.02. The van der Waals surface area contributed by atoms with Gasteiger partial charge in [-0.2, -0.15) is 0 Å². The third kappa shape index (κ3) is 4.10. The largest absolute Gasteiger partial charge is 0.396 e. The van der Waals surface area contributed by atoms with E-state index >= 15 is 0 Å². The molecule has 0 aromatic carbocycles. The van der Waals surface area contributed by atoms with Crippen LogP contribution in [0.1, 0.15) is 25.8 Å². The van der Waals surface area contributed by atoms with Crippen LogP contribution in [0.15, 0.2) is 16.7 Å². The zero-order valence-electron chi connectivity index (χ0n) is 10.0. The molecule has 1 rings (SSSR count). The minimum Gasteiger partial charge on any atom is -0.396 e. The number of aryl methyl sites for hydroxylation is 1. The van der Waals surface area contributed by atoms with Gasteiger partial charge in [0.25, 0.3) is 0 Å². The van der Waals surface area contributed by atoms with Crippen LogP contribution in [0.25, 0.3) is 0 Å². The Morgan fingerprint density at radius 2 is 2.19 bits per heavy atom. The van der Waals surface area contributed by atoms with Gasteiger partial charge >= 0.3 is 0 Å². The lowest BCUT2D eigenvalue weighted by Gasteiger charge is -2.24. The van der Waals surface area contributed by atoms with E-state index in [1.807, 2.05) is 13.0 Å². The second-order valence-electron chi connectivity index (χ2n) is 4.81. The Labute approximate surface area is 105 Å². The molecule has 1 aromatic heterocycles. The molecule has 2 N–H and O–H groups in total. The van der Waals surface area contributed by atoms with Gasteiger partial charge < -0.3 is 10.4 Å². The van der Waals surface area contributed by atoms with Crippen LogP contribution in [0.5, 0.6) is 0 Å². The van der Waals surface area contributed by atoms with Crippen LogP contribution in [0.3, 0.4) is 0 Å². The molecule has 0 aliphatic heterocycles. The van der Waals surface area contributed by atoms with Gasteiger partial charge in [-0.05, 0) is 46.3 Å². The van der Waals surface area contributed by atoms with Gasteiger partial charge in [-0.25, -0.2) is 4.98 Å². The molecule has 0 unspecified atom stereocenters. The zero-order valence-corrected chi connectivity index (χ0v) is 11.6. The van der Waals surface area contributed by atoms with Gasteiger partial charge in [0, 0.05) is 23.8 Å². The Morgan fingerprint density at radius 1 is 1.50 bits per heavy atom. The van der Waals surface area contributed by atoms with Crippen molar-refractivity contribution >= 4 is 21.7 Å². The van der Waals surface area contributed by atoms with Crippen LogP contribution in [0, 0.1) is 12.3 Å². The van der Waals surface area contributed by atoms with E-state index in [0.29, 0.717) is 0 Å². The SMILES string of the molecule is Cc1cc(NCC(C)(C)CCO)ncc1Br. The fourth-order valence-electron chi connectivity index (χ4n) is 1.36. The highest BCUT2D eigenvalue weighted by Gasteiger charge is 2.16. The first-order valence-corrected chi connectivity index (χ1v) is 6.21. The highest BCUT2D eigenvalue weighted by atomic mass is 79.9. The molecule has 0 bridgehead atoms. The number of aliphatic hydroxyl groups is 1. The second kappa shape index (κ2) is 5.64. The molecule has 0 amide bonds. The number of nitrogens with zero attached hydrogens (tertiary/aromatic N) is 1. The standard InChI is InChI=1S/C12H19BrN2O/c1-9-6-11(14-7-10(9)13)15-8-12(2,3)4-5-16/h6-7,16H,4-5,8H2,1-3H3,(H,14,15). The molecule has 90 valence electrons. The molecule has 0 saturated carbocycles. The molecule has 16 heavy (non-hydrogen) atoms. The second-order valence-corrected chi connectivity index (χ2v) is 5.66. The summed E-state index contributed by atoms with van der Waals surface area (Å²) in [5.41, 5.74) is 1.25. The van der Waals surface area contributed by atoms with Crippen molar-refractivity contribution in [1.29, 1.82) is 0 Å². The number of rotatable bonds is 5. The van der Waals surface area contributed by atoms with E-state index in [2.05, 4.69) is 40.1 Å². The minimum atomic E-state index is 0.0808. The number of anilines is 1.